The highest BCUT2D eigenvalue weighted by Gasteiger charge is 2.27. The summed E-state index contributed by atoms with van der Waals surface area (Å²) in [4.78, 5) is 17.0. The van der Waals surface area contributed by atoms with Gasteiger partial charge in [0.25, 0.3) is 10.0 Å². The summed E-state index contributed by atoms with van der Waals surface area (Å²) in [6.07, 6.45) is 0.0144. The number of aryl methyl sites for hydroxylation is 3. The van der Waals surface area contributed by atoms with Gasteiger partial charge in [-0.15, -0.1) is 11.3 Å². The van der Waals surface area contributed by atoms with Crippen LogP contribution in [0.5, 0.6) is 5.75 Å². The summed E-state index contributed by atoms with van der Waals surface area (Å²) in [6, 6.07) is 12.0. The molecule has 0 unspecified atom stereocenters. The largest absolute Gasteiger partial charge is 0.497 e. The lowest BCUT2D eigenvalue weighted by Crippen LogP contribution is -2.35. The van der Waals surface area contributed by atoms with Crippen LogP contribution in [0.15, 0.2) is 52.7 Å². The van der Waals surface area contributed by atoms with E-state index in [0.717, 1.165) is 16.3 Å². The molecule has 2 aromatic carbocycles. The highest BCUT2D eigenvalue weighted by atomic mass is 32.2. The summed E-state index contributed by atoms with van der Waals surface area (Å²) >= 11 is 1.48. The van der Waals surface area contributed by atoms with Gasteiger partial charge in [0.05, 0.1) is 24.2 Å². The van der Waals surface area contributed by atoms with Crippen LogP contribution in [0.3, 0.4) is 0 Å². The van der Waals surface area contributed by atoms with Gasteiger partial charge in [-0.3, -0.25) is 9.10 Å². The van der Waals surface area contributed by atoms with Crippen molar-refractivity contribution >= 4 is 33.0 Å². The summed E-state index contributed by atoms with van der Waals surface area (Å²) < 4.78 is 33.6. The zero-order valence-electron chi connectivity index (χ0n) is 18.6. The maximum Gasteiger partial charge on any atom is 0.264 e. The lowest BCUT2D eigenvalue weighted by Gasteiger charge is -2.25. The van der Waals surface area contributed by atoms with Gasteiger partial charge in [-0.2, -0.15) is 0 Å². The van der Waals surface area contributed by atoms with E-state index in [1.165, 1.54) is 15.6 Å². The molecule has 1 amide bonds. The van der Waals surface area contributed by atoms with Crippen LogP contribution in [0.4, 0.5) is 5.69 Å². The van der Waals surface area contributed by atoms with Gasteiger partial charge in [0, 0.05) is 24.0 Å². The van der Waals surface area contributed by atoms with E-state index in [1.807, 2.05) is 25.3 Å². The number of thiazole rings is 1. The molecule has 0 spiro atoms. The van der Waals surface area contributed by atoms with E-state index in [1.54, 1.807) is 50.4 Å². The van der Waals surface area contributed by atoms with Crippen LogP contribution < -0.4 is 14.4 Å². The summed E-state index contributed by atoms with van der Waals surface area (Å²) in [5.74, 6) is 0.376. The third-order valence-electron chi connectivity index (χ3n) is 4.90. The minimum absolute atomic E-state index is 0.00467. The number of anilines is 1. The molecule has 1 N–H and O–H groups in total. The van der Waals surface area contributed by atoms with Crippen LogP contribution >= 0.6 is 11.3 Å². The van der Waals surface area contributed by atoms with E-state index in [0.29, 0.717) is 23.5 Å². The van der Waals surface area contributed by atoms with Gasteiger partial charge in [-0.1, -0.05) is 17.7 Å². The minimum atomic E-state index is -3.88. The fraction of sp³-hybridized carbons (Fsp3) is 0.304. The van der Waals surface area contributed by atoms with Crippen molar-refractivity contribution in [2.24, 2.45) is 0 Å². The third kappa shape index (κ3) is 5.66. The molecule has 0 aliphatic rings. The van der Waals surface area contributed by atoms with E-state index in [2.05, 4.69) is 10.3 Å². The Balaban J connectivity index is 1.82. The van der Waals surface area contributed by atoms with Crippen LogP contribution in [-0.2, 0) is 21.4 Å². The number of methoxy groups -OCH3 is 1. The van der Waals surface area contributed by atoms with Crippen molar-refractivity contribution in [3.8, 4) is 5.75 Å². The van der Waals surface area contributed by atoms with E-state index >= 15 is 0 Å². The summed E-state index contributed by atoms with van der Waals surface area (Å²) in [6.45, 7) is 5.91. The van der Waals surface area contributed by atoms with Crippen LogP contribution in [0.1, 0.15) is 28.2 Å². The number of amides is 1. The predicted octanol–water partition coefficient (Wildman–Crippen LogP) is 3.98. The second kappa shape index (κ2) is 10.1. The van der Waals surface area contributed by atoms with Crippen molar-refractivity contribution in [2.75, 3.05) is 18.0 Å². The molecule has 1 aromatic heterocycles. The minimum Gasteiger partial charge on any atom is -0.497 e. The topological polar surface area (TPSA) is 88.6 Å². The summed E-state index contributed by atoms with van der Waals surface area (Å²) in [5, 5.41) is 5.55. The number of carbonyl (C=O) groups excluding carboxylic acids is 1. The molecule has 3 aromatic rings. The Hall–Kier alpha value is -2.91. The van der Waals surface area contributed by atoms with Crippen molar-refractivity contribution in [3.63, 3.8) is 0 Å². The maximum atomic E-state index is 13.6. The van der Waals surface area contributed by atoms with Crippen LogP contribution in [-0.4, -0.2) is 33.0 Å². The van der Waals surface area contributed by atoms with Gasteiger partial charge >= 0.3 is 0 Å². The molecule has 0 fully saturated rings. The number of aromatic nitrogens is 1. The van der Waals surface area contributed by atoms with Gasteiger partial charge in [-0.25, -0.2) is 13.4 Å². The number of hydrogen-bond acceptors (Lipinski definition) is 6. The Morgan fingerprint density at radius 1 is 1.12 bits per heavy atom. The first kappa shape index (κ1) is 23.7. The number of carbonyl (C=O) groups is 1. The fourth-order valence-corrected chi connectivity index (χ4v) is 5.68. The van der Waals surface area contributed by atoms with Gasteiger partial charge in [-0.05, 0) is 56.7 Å². The Labute approximate surface area is 193 Å². The first-order chi connectivity index (χ1) is 15.2. The Morgan fingerprint density at radius 2 is 1.84 bits per heavy atom. The molecular formula is C23H27N3O4S2. The normalized spacial score (nSPS) is 11.2. The molecule has 9 heteroatoms. The van der Waals surface area contributed by atoms with Gasteiger partial charge in [0.15, 0.2) is 0 Å². The first-order valence-corrected chi connectivity index (χ1v) is 12.4. The molecule has 170 valence electrons. The van der Waals surface area contributed by atoms with Crippen molar-refractivity contribution in [1.29, 1.82) is 0 Å². The van der Waals surface area contributed by atoms with E-state index < -0.39 is 10.0 Å². The number of hydrogen-bond donors (Lipinski definition) is 1. The number of nitrogens with zero attached hydrogens (tertiary/aromatic N) is 2. The quantitative estimate of drug-likeness (QED) is 0.508. The molecule has 3 rings (SSSR count). The van der Waals surface area contributed by atoms with Crippen LogP contribution in [0.2, 0.25) is 0 Å². The molecule has 0 saturated carbocycles. The zero-order valence-corrected chi connectivity index (χ0v) is 20.2. The molecule has 0 bridgehead atoms. The Kier molecular flexibility index (Phi) is 7.52. The number of sulfonamides is 1. The number of benzene rings is 2. The smallest absolute Gasteiger partial charge is 0.264 e. The standard InChI is InChI=1S/C23H27N3O4S2/c1-16-5-10-21(17(2)13-16)32(28,29)26(19-6-8-20(30-4)9-7-19)12-11-22(27)24-14-23-25-18(3)15-31-23/h5-10,13,15H,11-12,14H2,1-4H3,(H,24,27). The molecule has 0 aliphatic heterocycles. The van der Waals surface area contributed by atoms with Gasteiger partial charge in [0.1, 0.15) is 10.8 Å². The SMILES string of the molecule is COc1ccc(N(CCC(=O)NCc2nc(C)cs2)S(=O)(=O)c2ccc(C)cc2C)cc1. The monoisotopic (exact) mass is 473 g/mol. The molecule has 7 nitrogen and oxygen atoms in total. The molecular weight excluding hydrogens is 446 g/mol. The first-order valence-electron chi connectivity index (χ1n) is 10.1. The molecule has 0 aliphatic carbocycles. The second-order valence-electron chi connectivity index (χ2n) is 7.45. The molecule has 32 heavy (non-hydrogen) atoms. The third-order valence-corrected chi connectivity index (χ3v) is 7.86. The molecule has 0 radical (unpaired) electrons. The van der Waals surface area contributed by atoms with Crippen molar-refractivity contribution < 1.29 is 17.9 Å². The maximum absolute atomic E-state index is 13.6. The highest BCUT2D eigenvalue weighted by molar-refractivity contribution is 7.92. The van der Waals surface area contributed by atoms with Crippen LogP contribution in [0.25, 0.3) is 0 Å². The average Bonchev–Trinajstić information content (AvgIpc) is 3.17. The number of ether oxygens (including phenoxy) is 1. The lowest BCUT2D eigenvalue weighted by atomic mass is 10.2. The van der Waals surface area contributed by atoms with E-state index in [-0.39, 0.29) is 23.8 Å². The molecule has 1 heterocycles. The van der Waals surface area contributed by atoms with E-state index in [9.17, 15) is 13.2 Å². The zero-order chi connectivity index (χ0) is 23.3. The highest BCUT2D eigenvalue weighted by Crippen LogP contribution is 2.28. The molecule has 0 atom stereocenters. The second-order valence-corrected chi connectivity index (χ2v) is 10.2. The van der Waals surface area contributed by atoms with Crippen molar-refractivity contribution in [2.45, 2.75) is 38.6 Å². The number of nitrogens with one attached hydrogen (secondary N) is 1. The van der Waals surface area contributed by atoms with Crippen molar-refractivity contribution in [1.82, 2.24) is 10.3 Å². The summed E-state index contributed by atoms with van der Waals surface area (Å²) in [5.41, 5.74) is 3.01. The van der Waals surface area contributed by atoms with Crippen molar-refractivity contribution in [3.05, 3.63) is 69.7 Å². The molecule has 0 saturated heterocycles. The Bertz CT molecular complexity index is 1190. The van der Waals surface area contributed by atoms with Gasteiger partial charge in [0.2, 0.25) is 5.91 Å². The number of rotatable bonds is 9. The summed E-state index contributed by atoms with van der Waals surface area (Å²) in [7, 11) is -2.33. The lowest BCUT2D eigenvalue weighted by molar-refractivity contribution is -0.121. The Morgan fingerprint density at radius 3 is 2.44 bits per heavy atom. The van der Waals surface area contributed by atoms with Crippen LogP contribution in [0, 0.1) is 20.8 Å². The predicted molar refractivity (Wildman–Crippen MR) is 127 cm³/mol. The fourth-order valence-electron chi connectivity index (χ4n) is 3.29. The van der Waals surface area contributed by atoms with Gasteiger partial charge < -0.3 is 10.1 Å². The average molecular weight is 474 g/mol. The van der Waals surface area contributed by atoms with E-state index in [4.69, 9.17) is 4.74 Å².